The van der Waals surface area contributed by atoms with Crippen LogP contribution in [0.2, 0.25) is 3.12 Å². The fraction of sp³-hybridized carbons (Fsp3) is 0.0645. The molecule has 0 amide bonds. The summed E-state index contributed by atoms with van der Waals surface area (Å²) in [5.41, 5.74) is 7.92. The van der Waals surface area contributed by atoms with Crippen LogP contribution in [0.4, 0.5) is 0 Å². The van der Waals surface area contributed by atoms with Gasteiger partial charge in [0.15, 0.2) is 0 Å². The van der Waals surface area contributed by atoms with Crippen LogP contribution in [0.5, 0.6) is 0 Å². The van der Waals surface area contributed by atoms with Gasteiger partial charge in [0, 0.05) is 6.42 Å². The van der Waals surface area contributed by atoms with E-state index in [2.05, 4.69) is 128 Å². The first kappa shape index (κ1) is 23.6. The maximum atomic E-state index is 6.59. The van der Waals surface area contributed by atoms with Crippen molar-refractivity contribution in [1.82, 2.24) is 0 Å². The Bertz CT molecular complexity index is 1210. The standard InChI is InChI=1S/C18H15.C13H9.2ClH.Zr/c1-3-9-15(10-4-1)18(17-13-7-8-14-17)16-11-5-2-6-12-16;1-3-7-12-10(5-1)9-11-6-2-4-8-13(11)12;;;/h1-14,18H;1-9H;2*1H;/q;;;;+2/p-2. The van der Waals surface area contributed by atoms with Crippen molar-refractivity contribution in [3.05, 3.63) is 162 Å². The Hall–Kier alpha value is -2.18. The molecular weight excluding hydrogens is 534 g/mol. The van der Waals surface area contributed by atoms with Crippen LogP contribution in [0, 0.1) is 6.42 Å². The number of halogens is 2. The third-order valence-corrected chi connectivity index (χ3v) is 13.5. The molecule has 0 nitrogen and oxygen atoms in total. The molecule has 0 unspecified atom stereocenters. The molecule has 0 saturated heterocycles. The van der Waals surface area contributed by atoms with E-state index < -0.39 is 19.4 Å². The van der Waals surface area contributed by atoms with E-state index in [0.29, 0.717) is 0 Å². The summed E-state index contributed by atoms with van der Waals surface area (Å²) in [5.74, 6) is 0.180. The molecule has 0 aliphatic heterocycles. The van der Waals surface area contributed by atoms with Crippen LogP contribution in [-0.2, 0) is 19.4 Å². The average Bonchev–Trinajstić information content (AvgIpc) is 3.52. The van der Waals surface area contributed by atoms with E-state index in [9.17, 15) is 0 Å². The zero-order valence-corrected chi connectivity index (χ0v) is 22.6. The molecule has 0 saturated carbocycles. The van der Waals surface area contributed by atoms with Gasteiger partial charge in [-0.2, -0.15) is 0 Å². The zero-order valence-electron chi connectivity index (χ0n) is 18.6. The topological polar surface area (TPSA) is 0 Å². The van der Waals surface area contributed by atoms with E-state index >= 15 is 0 Å². The van der Waals surface area contributed by atoms with Crippen LogP contribution in [0.1, 0.15) is 28.2 Å². The number of benzene rings is 4. The predicted octanol–water partition coefficient (Wildman–Crippen LogP) is 9.30. The molecule has 0 aromatic heterocycles. The van der Waals surface area contributed by atoms with E-state index in [-0.39, 0.29) is 9.04 Å². The molecular formula is C31H24Cl2Zr. The molecule has 3 heteroatoms. The summed E-state index contributed by atoms with van der Waals surface area (Å²) in [6.45, 7) is 0. The second-order valence-corrected chi connectivity index (χ2v) is 17.5. The molecule has 2 aliphatic carbocycles. The molecule has 4 aromatic rings. The van der Waals surface area contributed by atoms with Gasteiger partial charge in [-0.3, -0.25) is 0 Å². The number of rotatable bonds is 4. The van der Waals surface area contributed by atoms with E-state index in [1.54, 1.807) is 0 Å². The third kappa shape index (κ3) is 4.67. The Kier molecular flexibility index (Phi) is 7.35. The molecule has 34 heavy (non-hydrogen) atoms. The molecule has 0 fully saturated rings. The zero-order chi connectivity index (χ0) is 23.4. The van der Waals surface area contributed by atoms with Crippen molar-refractivity contribution in [2.45, 2.75) is 9.04 Å². The van der Waals surface area contributed by atoms with Crippen LogP contribution in [0.25, 0.3) is 11.1 Å². The molecule has 4 aromatic carbocycles. The van der Waals surface area contributed by atoms with Gasteiger partial charge in [0.1, 0.15) is 0 Å². The molecule has 6 rings (SSSR count). The Morgan fingerprint density at radius 2 is 0.941 bits per heavy atom. The summed E-state index contributed by atoms with van der Waals surface area (Å²) in [7, 11) is 13.2. The Morgan fingerprint density at radius 1 is 0.529 bits per heavy atom. The van der Waals surface area contributed by atoms with Gasteiger partial charge in [0.05, 0.1) is 0 Å². The summed E-state index contributed by atoms with van der Waals surface area (Å²) in [6, 6.07) is 38.1. The molecule has 2 aliphatic rings. The van der Waals surface area contributed by atoms with Gasteiger partial charge in [-0.05, 0) is 22.3 Å². The predicted molar refractivity (Wildman–Crippen MR) is 142 cm³/mol. The van der Waals surface area contributed by atoms with Gasteiger partial charge in [-0.25, -0.2) is 0 Å². The minimum atomic E-state index is -2.60. The molecule has 0 heterocycles. The second kappa shape index (κ2) is 10.6. The normalized spacial score (nSPS) is 14.3. The molecule has 0 spiro atoms. The van der Waals surface area contributed by atoms with Gasteiger partial charge in [0.25, 0.3) is 0 Å². The Morgan fingerprint density at radius 3 is 1.38 bits per heavy atom. The number of hydrogen-bond acceptors (Lipinski definition) is 0. The molecule has 166 valence electrons. The van der Waals surface area contributed by atoms with Crippen LogP contribution >= 0.6 is 17.0 Å². The van der Waals surface area contributed by atoms with E-state index in [4.69, 9.17) is 17.0 Å². The minimum absolute atomic E-state index is 0.180. The number of fused-ring (bicyclic) bond motifs is 3. The summed E-state index contributed by atoms with van der Waals surface area (Å²) in [5, 5.41) is 0. The van der Waals surface area contributed by atoms with Gasteiger partial charge in [-0.15, -0.1) is 0 Å². The molecule has 0 bridgehead atoms. The van der Waals surface area contributed by atoms with Crippen LogP contribution in [-0.4, -0.2) is 0 Å². The summed E-state index contributed by atoms with van der Waals surface area (Å²) in [4.78, 5) is 0. The molecule has 0 N–H and O–H groups in total. The second-order valence-electron chi connectivity index (χ2n) is 8.48. The number of hydrogen-bond donors (Lipinski definition) is 0. The first-order valence-electron chi connectivity index (χ1n) is 11.4. The van der Waals surface area contributed by atoms with E-state index in [0.717, 1.165) is 0 Å². The first-order valence-corrected chi connectivity index (χ1v) is 18.9. The maximum absolute atomic E-state index is 6.59. The average molecular weight is 559 g/mol. The Labute approximate surface area is 217 Å². The molecule has 0 atom stereocenters. The van der Waals surface area contributed by atoms with Gasteiger partial charge < -0.3 is 0 Å². The van der Waals surface area contributed by atoms with Crippen molar-refractivity contribution in [2.24, 2.45) is 0 Å². The third-order valence-electron chi connectivity index (χ3n) is 6.45. The van der Waals surface area contributed by atoms with Crippen molar-refractivity contribution in [2.75, 3.05) is 0 Å². The monoisotopic (exact) mass is 556 g/mol. The van der Waals surface area contributed by atoms with Crippen molar-refractivity contribution < 1.29 is 19.4 Å². The van der Waals surface area contributed by atoms with Crippen molar-refractivity contribution in [1.29, 1.82) is 0 Å². The van der Waals surface area contributed by atoms with Crippen LogP contribution in [0.15, 0.2) is 133 Å². The number of allylic oxidation sites excluding steroid dienone is 4. The van der Waals surface area contributed by atoms with E-state index in [1.165, 1.54) is 33.4 Å². The summed E-state index contributed by atoms with van der Waals surface area (Å²) in [6.07, 6.45) is 10.8. The first-order chi connectivity index (χ1) is 16.7. The SMILES string of the molecule is [CH]1c2ccccc2-c2ccccc21.[Cl][Zr]([Cl])[C]1(C(c2ccccc2)c2ccccc2)C=CC=C1. The van der Waals surface area contributed by atoms with Crippen LogP contribution in [0.3, 0.4) is 0 Å². The van der Waals surface area contributed by atoms with Gasteiger partial charge >= 0.3 is 142 Å². The molecule has 1 radical (unpaired) electrons. The Balaban J connectivity index is 0.000000157. The summed E-state index contributed by atoms with van der Waals surface area (Å²) >= 11 is -2.60. The van der Waals surface area contributed by atoms with Crippen LogP contribution < -0.4 is 0 Å². The summed E-state index contributed by atoms with van der Waals surface area (Å²) < 4.78 is -0.214. The fourth-order valence-electron chi connectivity index (χ4n) is 4.85. The fourth-order valence-corrected chi connectivity index (χ4v) is 10.1. The van der Waals surface area contributed by atoms with E-state index in [1.807, 2.05) is 12.1 Å². The van der Waals surface area contributed by atoms with Gasteiger partial charge in [0.2, 0.25) is 0 Å². The van der Waals surface area contributed by atoms with Crippen molar-refractivity contribution >= 4 is 17.0 Å². The van der Waals surface area contributed by atoms with Gasteiger partial charge in [-0.1, -0.05) is 48.5 Å². The van der Waals surface area contributed by atoms with Crippen molar-refractivity contribution in [3.8, 4) is 11.1 Å². The van der Waals surface area contributed by atoms with Crippen molar-refractivity contribution in [3.63, 3.8) is 0 Å². The quantitative estimate of drug-likeness (QED) is 0.206.